The molecule has 1 N–H and O–H groups in total. The number of aromatic nitrogens is 1. The molecule has 110 valence electrons. The zero-order chi connectivity index (χ0) is 14.2. The Kier molecular flexibility index (Phi) is 5.69. The van der Waals surface area contributed by atoms with Crippen LogP contribution in [0.4, 0.5) is 11.5 Å². The second-order valence-electron chi connectivity index (χ2n) is 4.71. The molecule has 0 spiro atoms. The molecule has 0 saturated carbocycles. The Bertz CT molecular complexity index is 435. The van der Waals surface area contributed by atoms with Crippen LogP contribution in [0.1, 0.15) is 12.8 Å². The van der Waals surface area contributed by atoms with Crippen LogP contribution in [0.2, 0.25) is 0 Å². The Hall–Kier alpha value is -1.73. The Morgan fingerprint density at radius 2 is 2.50 bits per heavy atom. The first-order valence-corrected chi connectivity index (χ1v) is 6.76. The number of nitrogens with zero attached hydrogens (tertiary/aromatic N) is 2. The van der Waals surface area contributed by atoms with Gasteiger partial charge < -0.3 is 14.8 Å². The first-order valence-electron chi connectivity index (χ1n) is 6.76. The number of anilines is 1. The van der Waals surface area contributed by atoms with E-state index in [4.69, 9.17) is 9.47 Å². The molecule has 1 aliphatic heterocycles. The zero-order valence-corrected chi connectivity index (χ0v) is 11.3. The summed E-state index contributed by atoms with van der Waals surface area (Å²) in [6.07, 6.45) is 3.38. The van der Waals surface area contributed by atoms with Gasteiger partial charge in [-0.15, -0.1) is 0 Å². The van der Waals surface area contributed by atoms with Crippen LogP contribution < -0.4 is 5.32 Å². The fourth-order valence-electron chi connectivity index (χ4n) is 2.03. The van der Waals surface area contributed by atoms with Gasteiger partial charge >= 0.3 is 5.69 Å². The smallest absolute Gasteiger partial charge is 0.311 e. The average molecular weight is 281 g/mol. The Balaban J connectivity index is 1.62. The second kappa shape index (κ2) is 7.76. The molecule has 1 fully saturated rings. The maximum absolute atomic E-state index is 10.8. The molecule has 1 atom stereocenters. The van der Waals surface area contributed by atoms with Gasteiger partial charge in [0.1, 0.15) is 0 Å². The predicted molar refractivity (Wildman–Crippen MR) is 73.7 cm³/mol. The standard InChI is InChI=1S/C13H19N3O4/c17-16(18)12-3-1-5-14-13(12)15-6-2-7-19-9-11-4-8-20-10-11/h1,3,5,11H,2,4,6-10H2,(H,14,15)/t11-/m0/s1. The number of nitro groups is 1. The van der Waals surface area contributed by atoms with E-state index in [2.05, 4.69) is 10.3 Å². The second-order valence-corrected chi connectivity index (χ2v) is 4.71. The molecule has 1 aromatic rings. The van der Waals surface area contributed by atoms with Gasteiger partial charge in [-0.1, -0.05) is 0 Å². The molecule has 0 aliphatic carbocycles. The third-order valence-corrected chi connectivity index (χ3v) is 3.12. The summed E-state index contributed by atoms with van der Waals surface area (Å²) in [5.41, 5.74) is -0.00322. The number of nitrogens with one attached hydrogen (secondary N) is 1. The van der Waals surface area contributed by atoms with Crippen molar-refractivity contribution >= 4 is 11.5 Å². The maximum atomic E-state index is 10.8. The Morgan fingerprint density at radius 1 is 1.60 bits per heavy atom. The molecule has 7 nitrogen and oxygen atoms in total. The highest BCUT2D eigenvalue weighted by Crippen LogP contribution is 2.19. The molecule has 7 heteroatoms. The van der Waals surface area contributed by atoms with E-state index in [0.29, 0.717) is 24.9 Å². The molecule has 0 amide bonds. The van der Waals surface area contributed by atoms with Crippen molar-refractivity contribution < 1.29 is 14.4 Å². The van der Waals surface area contributed by atoms with Gasteiger partial charge in [0.2, 0.25) is 5.82 Å². The van der Waals surface area contributed by atoms with Crippen LogP contribution >= 0.6 is 0 Å². The maximum Gasteiger partial charge on any atom is 0.311 e. The lowest BCUT2D eigenvalue weighted by Gasteiger charge is -2.09. The summed E-state index contributed by atoms with van der Waals surface area (Å²) in [6, 6.07) is 2.99. The van der Waals surface area contributed by atoms with E-state index in [1.807, 2.05) is 0 Å². The summed E-state index contributed by atoms with van der Waals surface area (Å²) in [6.45, 7) is 3.57. The van der Waals surface area contributed by atoms with Crippen LogP contribution in [-0.4, -0.2) is 42.9 Å². The number of hydrogen-bond donors (Lipinski definition) is 1. The molecule has 0 unspecified atom stereocenters. The van der Waals surface area contributed by atoms with Crippen LogP contribution in [0.3, 0.4) is 0 Å². The normalized spacial score (nSPS) is 18.1. The average Bonchev–Trinajstić information content (AvgIpc) is 2.96. The van der Waals surface area contributed by atoms with Crippen LogP contribution in [0.25, 0.3) is 0 Å². The van der Waals surface area contributed by atoms with Gasteiger partial charge in [0.15, 0.2) is 0 Å². The summed E-state index contributed by atoms with van der Waals surface area (Å²) in [5.74, 6) is 0.821. The van der Waals surface area contributed by atoms with Gasteiger partial charge in [-0.2, -0.15) is 0 Å². The molecular formula is C13H19N3O4. The molecule has 1 saturated heterocycles. The van der Waals surface area contributed by atoms with Gasteiger partial charge in [-0.25, -0.2) is 4.98 Å². The quantitative estimate of drug-likeness (QED) is 0.444. The van der Waals surface area contributed by atoms with Gasteiger partial charge in [0, 0.05) is 37.9 Å². The SMILES string of the molecule is O=[N+]([O-])c1cccnc1NCCCOC[C@@H]1CCOC1. The van der Waals surface area contributed by atoms with Gasteiger partial charge in [0.25, 0.3) is 0 Å². The lowest BCUT2D eigenvalue weighted by Crippen LogP contribution is -2.12. The number of pyridine rings is 1. The van der Waals surface area contributed by atoms with Crippen LogP contribution in [-0.2, 0) is 9.47 Å². The van der Waals surface area contributed by atoms with E-state index in [1.165, 1.54) is 12.3 Å². The summed E-state index contributed by atoms with van der Waals surface area (Å²) in [7, 11) is 0. The van der Waals surface area contributed by atoms with Crippen molar-refractivity contribution in [3.8, 4) is 0 Å². The lowest BCUT2D eigenvalue weighted by atomic mass is 10.1. The highest BCUT2D eigenvalue weighted by atomic mass is 16.6. The van der Waals surface area contributed by atoms with Crippen LogP contribution in [0, 0.1) is 16.0 Å². The highest BCUT2D eigenvalue weighted by molar-refractivity contribution is 5.54. The van der Waals surface area contributed by atoms with Crippen molar-refractivity contribution in [2.75, 3.05) is 38.3 Å². The third kappa shape index (κ3) is 4.43. The summed E-state index contributed by atoms with van der Waals surface area (Å²) < 4.78 is 10.8. The molecule has 0 bridgehead atoms. The number of ether oxygens (including phenoxy) is 2. The van der Waals surface area contributed by atoms with Crippen LogP contribution in [0.15, 0.2) is 18.3 Å². The summed E-state index contributed by atoms with van der Waals surface area (Å²) >= 11 is 0. The molecule has 1 aliphatic rings. The lowest BCUT2D eigenvalue weighted by molar-refractivity contribution is -0.384. The first-order chi connectivity index (χ1) is 9.77. The van der Waals surface area contributed by atoms with Gasteiger partial charge in [-0.3, -0.25) is 10.1 Å². The monoisotopic (exact) mass is 281 g/mol. The molecule has 20 heavy (non-hydrogen) atoms. The van der Waals surface area contributed by atoms with E-state index in [1.54, 1.807) is 6.07 Å². The Labute approximate surface area is 117 Å². The van der Waals surface area contributed by atoms with Crippen molar-refractivity contribution in [3.63, 3.8) is 0 Å². The van der Waals surface area contributed by atoms with E-state index in [0.717, 1.165) is 32.7 Å². The van der Waals surface area contributed by atoms with Crippen LogP contribution in [0.5, 0.6) is 0 Å². The largest absolute Gasteiger partial charge is 0.381 e. The molecule has 0 radical (unpaired) electrons. The predicted octanol–water partition coefficient (Wildman–Crippen LogP) is 1.84. The molecule has 1 aromatic heterocycles. The molecular weight excluding hydrogens is 262 g/mol. The molecule has 2 rings (SSSR count). The summed E-state index contributed by atoms with van der Waals surface area (Å²) in [4.78, 5) is 14.3. The zero-order valence-electron chi connectivity index (χ0n) is 11.3. The van der Waals surface area contributed by atoms with E-state index in [9.17, 15) is 10.1 Å². The van der Waals surface area contributed by atoms with Gasteiger partial charge in [-0.05, 0) is 18.9 Å². The topological polar surface area (TPSA) is 86.5 Å². The number of rotatable bonds is 8. The minimum absolute atomic E-state index is 0.00322. The fraction of sp³-hybridized carbons (Fsp3) is 0.615. The van der Waals surface area contributed by atoms with E-state index in [-0.39, 0.29) is 5.69 Å². The minimum Gasteiger partial charge on any atom is -0.381 e. The third-order valence-electron chi connectivity index (χ3n) is 3.12. The van der Waals surface area contributed by atoms with Crippen molar-refractivity contribution in [1.29, 1.82) is 0 Å². The van der Waals surface area contributed by atoms with Crippen molar-refractivity contribution in [1.82, 2.24) is 4.98 Å². The van der Waals surface area contributed by atoms with E-state index < -0.39 is 4.92 Å². The summed E-state index contributed by atoms with van der Waals surface area (Å²) in [5, 5.41) is 13.8. The number of hydrogen-bond acceptors (Lipinski definition) is 6. The molecule has 0 aromatic carbocycles. The fourth-order valence-corrected chi connectivity index (χ4v) is 2.03. The Morgan fingerprint density at radius 3 is 3.25 bits per heavy atom. The van der Waals surface area contributed by atoms with Crippen molar-refractivity contribution in [2.45, 2.75) is 12.8 Å². The molecule has 2 heterocycles. The van der Waals surface area contributed by atoms with Crippen molar-refractivity contribution in [2.24, 2.45) is 5.92 Å². The van der Waals surface area contributed by atoms with Crippen molar-refractivity contribution in [3.05, 3.63) is 28.4 Å². The van der Waals surface area contributed by atoms with Gasteiger partial charge in [0.05, 0.1) is 18.1 Å². The highest BCUT2D eigenvalue weighted by Gasteiger charge is 2.15. The first kappa shape index (κ1) is 14.7. The van der Waals surface area contributed by atoms with E-state index >= 15 is 0 Å². The minimum atomic E-state index is -0.439.